The van der Waals surface area contributed by atoms with Crippen LogP contribution in [-0.2, 0) is 23.2 Å². The number of nitrogens with zero attached hydrogens (tertiary/aromatic N) is 3. The molecule has 2 atom stereocenters. The smallest absolute Gasteiger partial charge is 0.245 e. The van der Waals surface area contributed by atoms with Gasteiger partial charge in [-0.1, -0.05) is 6.92 Å². The lowest BCUT2D eigenvalue weighted by Gasteiger charge is -2.28. The van der Waals surface area contributed by atoms with Crippen LogP contribution in [0.5, 0.6) is 0 Å². The minimum atomic E-state index is -0.408. The van der Waals surface area contributed by atoms with Crippen LogP contribution in [0.3, 0.4) is 0 Å². The molecule has 0 aromatic carbocycles. The van der Waals surface area contributed by atoms with Crippen LogP contribution in [0, 0.1) is 0 Å². The fourth-order valence-electron chi connectivity index (χ4n) is 2.37. The highest BCUT2D eigenvalue weighted by atomic mass is 16.2. The Morgan fingerprint density at radius 1 is 1.47 bits per heavy atom. The summed E-state index contributed by atoms with van der Waals surface area (Å²) in [5.74, 6) is -0.0638. The first-order valence-corrected chi connectivity index (χ1v) is 6.58. The van der Waals surface area contributed by atoms with Gasteiger partial charge in [0.15, 0.2) is 0 Å². The van der Waals surface area contributed by atoms with E-state index in [1.54, 1.807) is 15.8 Å². The van der Waals surface area contributed by atoms with Gasteiger partial charge in [0.05, 0.1) is 6.20 Å². The minimum Gasteiger partial charge on any atom is -0.344 e. The monoisotopic (exact) mass is 264 g/mol. The Morgan fingerprint density at radius 2 is 2.21 bits per heavy atom. The largest absolute Gasteiger partial charge is 0.344 e. The van der Waals surface area contributed by atoms with Gasteiger partial charge in [-0.3, -0.25) is 14.3 Å². The van der Waals surface area contributed by atoms with Gasteiger partial charge in [-0.2, -0.15) is 5.10 Å². The van der Waals surface area contributed by atoms with Crippen molar-refractivity contribution in [1.82, 2.24) is 20.0 Å². The molecule has 1 aromatic rings. The van der Waals surface area contributed by atoms with Crippen LogP contribution in [0.15, 0.2) is 12.4 Å². The molecule has 2 rings (SSSR count). The highest BCUT2D eigenvalue weighted by Gasteiger charge is 2.32. The SMILES string of the molecule is CCC1NC(=O)CC(C)N(Cc2cnn(C)c2)C1=O. The van der Waals surface area contributed by atoms with E-state index < -0.39 is 6.04 Å². The number of carbonyl (C=O) groups excluding carboxylic acids is 2. The standard InChI is InChI=1S/C13H20N4O2/c1-4-11-13(19)17(9(2)5-12(18)15-11)8-10-6-14-16(3)7-10/h6-7,9,11H,4-5,8H2,1-3H3,(H,15,18). The minimum absolute atomic E-state index is 0.00953. The summed E-state index contributed by atoms with van der Waals surface area (Å²) in [4.78, 5) is 25.9. The number of carbonyl (C=O) groups is 2. The summed E-state index contributed by atoms with van der Waals surface area (Å²) in [6, 6.07) is -0.502. The highest BCUT2D eigenvalue weighted by molar-refractivity contribution is 5.90. The van der Waals surface area contributed by atoms with Crippen LogP contribution >= 0.6 is 0 Å². The average Bonchev–Trinajstić information content (AvgIpc) is 2.73. The molecule has 1 N–H and O–H groups in total. The van der Waals surface area contributed by atoms with Gasteiger partial charge in [0.1, 0.15) is 6.04 Å². The van der Waals surface area contributed by atoms with Gasteiger partial charge in [0, 0.05) is 37.8 Å². The Bertz CT molecular complexity index is 483. The van der Waals surface area contributed by atoms with Crippen molar-refractivity contribution < 1.29 is 9.59 Å². The fourth-order valence-corrected chi connectivity index (χ4v) is 2.37. The van der Waals surface area contributed by atoms with Crippen molar-refractivity contribution in [1.29, 1.82) is 0 Å². The van der Waals surface area contributed by atoms with Crippen LogP contribution in [0.25, 0.3) is 0 Å². The number of hydrogen-bond donors (Lipinski definition) is 1. The second-order valence-corrected chi connectivity index (χ2v) is 5.07. The maximum absolute atomic E-state index is 12.4. The van der Waals surface area contributed by atoms with Gasteiger partial charge in [-0.25, -0.2) is 0 Å². The quantitative estimate of drug-likeness (QED) is 0.861. The fraction of sp³-hybridized carbons (Fsp3) is 0.615. The van der Waals surface area contributed by atoms with E-state index in [0.29, 0.717) is 19.4 Å². The summed E-state index contributed by atoms with van der Waals surface area (Å²) in [7, 11) is 1.84. The second kappa shape index (κ2) is 5.42. The second-order valence-electron chi connectivity index (χ2n) is 5.07. The van der Waals surface area contributed by atoms with Crippen molar-refractivity contribution in [2.45, 2.75) is 45.3 Å². The Labute approximate surface area is 112 Å². The maximum Gasteiger partial charge on any atom is 0.245 e. The number of hydrogen-bond acceptors (Lipinski definition) is 3. The van der Waals surface area contributed by atoms with Gasteiger partial charge < -0.3 is 10.2 Å². The van der Waals surface area contributed by atoms with Crippen LogP contribution < -0.4 is 5.32 Å². The third-order valence-electron chi connectivity index (χ3n) is 3.45. The Balaban J connectivity index is 2.19. The lowest BCUT2D eigenvalue weighted by Crippen LogP contribution is -2.45. The Kier molecular flexibility index (Phi) is 3.87. The van der Waals surface area contributed by atoms with E-state index in [0.717, 1.165) is 5.56 Å². The van der Waals surface area contributed by atoms with Crippen molar-refractivity contribution >= 4 is 11.8 Å². The summed E-state index contributed by atoms with van der Waals surface area (Å²) in [6.07, 6.45) is 4.60. The maximum atomic E-state index is 12.4. The summed E-state index contributed by atoms with van der Waals surface area (Å²) in [6.45, 7) is 4.31. The molecule has 2 heterocycles. The van der Waals surface area contributed by atoms with Gasteiger partial charge in [-0.15, -0.1) is 0 Å². The van der Waals surface area contributed by atoms with Gasteiger partial charge >= 0.3 is 0 Å². The first-order valence-electron chi connectivity index (χ1n) is 6.58. The molecule has 0 radical (unpaired) electrons. The van der Waals surface area contributed by atoms with Crippen LogP contribution in [0.2, 0.25) is 0 Å². The van der Waals surface area contributed by atoms with Crippen LogP contribution in [-0.4, -0.2) is 38.6 Å². The zero-order valence-electron chi connectivity index (χ0n) is 11.6. The molecule has 0 bridgehead atoms. The van der Waals surface area contributed by atoms with Crippen molar-refractivity contribution in [3.05, 3.63) is 18.0 Å². The predicted molar refractivity (Wildman–Crippen MR) is 70.1 cm³/mol. The number of aromatic nitrogens is 2. The molecule has 6 heteroatoms. The van der Waals surface area contributed by atoms with Crippen molar-refractivity contribution in [2.24, 2.45) is 7.05 Å². The molecular weight excluding hydrogens is 244 g/mol. The zero-order chi connectivity index (χ0) is 14.0. The molecule has 0 aliphatic carbocycles. The molecule has 2 unspecified atom stereocenters. The summed E-state index contributed by atoms with van der Waals surface area (Å²) >= 11 is 0. The van der Waals surface area contributed by atoms with Gasteiger partial charge in [0.25, 0.3) is 0 Å². The number of rotatable bonds is 3. The molecule has 6 nitrogen and oxygen atoms in total. The number of aryl methyl sites for hydroxylation is 1. The van der Waals surface area contributed by atoms with Crippen molar-refractivity contribution in [3.63, 3.8) is 0 Å². The molecular formula is C13H20N4O2. The summed E-state index contributed by atoms with van der Waals surface area (Å²) < 4.78 is 1.71. The Morgan fingerprint density at radius 3 is 2.79 bits per heavy atom. The molecule has 2 amide bonds. The topological polar surface area (TPSA) is 67.2 Å². The summed E-state index contributed by atoms with van der Waals surface area (Å²) in [5, 5.41) is 6.88. The van der Waals surface area contributed by atoms with E-state index in [-0.39, 0.29) is 17.9 Å². The van der Waals surface area contributed by atoms with E-state index in [1.165, 1.54) is 0 Å². The third kappa shape index (κ3) is 2.94. The van der Waals surface area contributed by atoms with Crippen molar-refractivity contribution in [3.8, 4) is 0 Å². The highest BCUT2D eigenvalue weighted by Crippen LogP contribution is 2.16. The normalized spacial score (nSPS) is 24.3. The van der Waals surface area contributed by atoms with Crippen molar-refractivity contribution in [2.75, 3.05) is 0 Å². The molecule has 1 saturated heterocycles. The lowest BCUT2D eigenvalue weighted by atomic mass is 10.1. The van der Waals surface area contributed by atoms with E-state index in [4.69, 9.17) is 0 Å². The average molecular weight is 264 g/mol. The van der Waals surface area contributed by atoms with Gasteiger partial charge in [-0.05, 0) is 13.3 Å². The van der Waals surface area contributed by atoms with E-state index in [9.17, 15) is 9.59 Å². The first-order chi connectivity index (χ1) is 9.01. The van der Waals surface area contributed by atoms with Crippen LogP contribution in [0.4, 0.5) is 0 Å². The third-order valence-corrected chi connectivity index (χ3v) is 3.45. The molecule has 0 spiro atoms. The summed E-state index contributed by atoms with van der Waals surface area (Å²) in [5.41, 5.74) is 0.979. The van der Waals surface area contributed by atoms with E-state index >= 15 is 0 Å². The molecule has 1 aliphatic rings. The molecule has 19 heavy (non-hydrogen) atoms. The predicted octanol–water partition coefficient (Wildman–Crippen LogP) is 0.436. The van der Waals surface area contributed by atoms with E-state index in [2.05, 4.69) is 10.4 Å². The number of amides is 2. The van der Waals surface area contributed by atoms with Gasteiger partial charge in [0.2, 0.25) is 11.8 Å². The Hall–Kier alpha value is -1.85. The molecule has 1 aliphatic heterocycles. The molecule has 0 saturated carbocycles. The lowest BCUT2D eigenvalue weighted by molar-refractivity contribution is -0.135. The van der Waals surface area contributed by atoms with E-state index in [1.807, 2.05) is 27.1 Å². The van der Waals surface area contributed by atoms with Crippen LogP contribution in [0.1, 0.15) is 32.3 Å². The molecule has 1 fully saturated rings. The number of nitrogens with one attached hydrogen (secondary N) is 1. The molecule has 1 aromatic heterocycles. The molecule has 104 valence electrons. The zero-order valence-corrected chi connectivity index (χ0v) is 11.6. The first kappa shape index (κ1) is 13.6.